The predicted molar refractivity (Wildman–Crippen MR) is 58.7 cm³/mol. The molecule has 98 valence electrons. The molecule has 7 heteroatoms. The van der Waals surface area contributed by atoms with Gasteiger partial charge in [0.1, 0.15) is 0 Å². The number of hydrogen-bond acceptors (Lipinski definition) is 3. The summed E-state index contributed by atoms with van der Waals surface area (Å²) in [5, 5.41) is 11.1. The van der Waals surface area contributed by atoms with E-state index < -0.39 is 23.7 Å². The standard InChI is InChI=1S/C11H12AtFN2O3/c1-15-10(16)7-4-6(13)2-5(9(7)12)3-8(14)11(17)18/h2,4,8H,3,14H2,1H3,(H,15,16)(H,17,18). The number of rotatable bonds is 4. The van der Waals surface area contributed by atoms with Crippen molar-refractivity contribution in [3.63, 3.8) is 0 Å². The van der Waals surface area contributed by atoms with Gasteiger partial charge in [0.05, 0.1) is 0 Å². The summed E-state index contributed by atoms with van der Waals surface area (Å²) in [4.78, 5) is 22.2. The molecular formula is C11H12AtFN2O3. The van der Waals surface area contributed by atoms with Gasteiger partial charge in [0.25, 0.3) is 0 Å². The molecule has 1 unspecified atom stereocenters. The van der Waals surface area contributed by atoms with Gasteiger partial charge < -0.3 is 0 Å². The number of nitrogens with one attached hydrogen (secondary N) is 1. The first-order chi connectivity index (χ1) is 8.36. The summed E-state index contributed by atoms with van der Waals surface area (Å²) in [6.07, 6.45) is -0.0110. The Morgan fingerprint density at radius 3 is 2.67 bits per heavy atom. The Balaban J connectivity index is 3.17. The van der Waals surface area contributed by atoms with E-state index in [-0.39, 0.29) is 12.0 Å². The van der Waals surface area contributed by atoms with Gasteiger partial charge in [-0.25, -0.2) is 0 Å². The molecule has 1 amide bonds. The van der Waals surface area contributed by atoms with Crippen LogP contribution in [0, 0.1) is 30.5 Å². The molecule has 18 heavy (non-hydrogen) atoms. The molecule has 0 radical (unpaired) electrons. The molecule has 4 N–H and O–H groups in total. The molecule has 1 atom stereocenters. The molecule has 1 aromatic carbocycles. The van der Waals surface area contributed by atoms with Crippen LogP contribution in [0.2, 0.25) is 0 Å². The fourth-order valence-electron chi connectivity index (χ4n) is 1.42. The van der Waals surface area contributed by atoms with Crippen molar-refractivity contribution in [3.05, 3.63) is 29.1 Å². The average Bonchev–Trinajstić information content (AvgIpc) is 2.32. The SMILES string of the molecule is CNC(=O)c1cc(F)cc(CC(N)C(=O)O)c1[At]. The molecule has 0 aliphatic rings. The summed E-state index contributed by atoms with van der Waals surface area (Å²) in [7, 11) is 1.45. The average molecular weight is 449 g/mol. The molecule has 0 heterocycles. The molecule has 0 aromatic heterocycles. The Morgan fingerprint density at radius 1 is 1.56 bits per heavy atom. The molecule has 5 nitrogen and oxygen atoms in total. The molecule has 1 rings (SSSR count). The van der Waals surface area contributed by atoms with Crippen molar-refractivity contribution >= 4 is 15.1 Å². The van der Waals surface area contributed by atoms with E-state index in [0.717, 1.165) is 6.07 Å². The Hall–Kier alpha value is -1.07. The van der Waals surface area contributed by atoms with Crippen molar-refractivity contribution in [1.29, 1.82) is 0 Å². The monoisotopic (exact) mass is 449 g/mol. The molecule has 0 saturated heterocycles. The molecule has 0 bridgehead atoms. The topological polar surface area (TPSA) is 92.4 Å². The van der Waals surface area contributed by atoms with Gasteiger partial charge in [-0.15, -0.1) is 0 Å². The van der Waals surface area contributed by atoms with E-state index in [1.165, 1.54) is 37.8 Å². The number of carboxylic acid groups (broad SMARTS) is 1. The molecule has 0 spiro atoms. The maximum absolute atomic E-state index is 13.4. The minimum absolute atomic E-state index is 0.0110. The van der Waals surface area contributed by atoms with Gasteiger partial charge in [-0.2, -0.15) is 0 Å². The van der Waals surface area contributed by atoms with Gasteiger partial charge in [-0.1, -0.05) is 0 Å². The Kier molecular flexibility index (Phi) is 5.17. The number of carbonyl (C=O) groups is 2. The van der Waals surface area contributed by atoms with Crippen molar-refractivity contribution in [1.82, 2.24) is 5.32 Å². The third kappa shape index (κ3) is 3.46. The minimum atomic E-state index is -1.16. The fourth-order valence-corrected chi connectivity index (χ4v) is 2.48. The zero-order chi connectivity index (χ0) is 13.9. The van der Waals surface area contributed by atoms with Gasteiger partial charge in [-0.3, -0.25) is 0 Å². The van der Waals surface area contributed by atoms with Crippen LogP contribution in [-0.2, 0) is 11.2 Å². The number of nitrogens with two attached hydrogens (primary N) is 1. The zero-order valence-electron chi connectivity index (χ0n) is 9.54. The Labute approximate surface area is 118 Å². The van der Waals surface area contributed by atoms with E-state index in [2.05, 4.69) is 5.32 Å². The zero-order valence-corrected chi connectivity index (χ0v) is 12.5. The molecular weight excluding hydrogens is 437 g/mol. The summed E-state index contributed by atoms with van der Waals surface area (Å²) in [6.45, 7) is 0. The van der Waals surface area contributed by atoms with Gasteiger partial charge in [0, 0.05) is 0 Å². The van der Waals surface area contributed by atoms with Crippen LogP contribution < -0.4 is 14.3 Å². The van der Waals surface area contributed by atoms with E-state index in [4.69, 9.17) is 10.8 Å². The molecule has 0 saturated carbocycles. The van der Waals surface area contributed by atoms with Gasteiger partial charge >= 0.3 is 119 Å². The second-order valence-electron chi connectivity index (χ2n) is 3.65. The molecule has 0 fully saturated rings. The number of carboxylic acids is 1. The first-order valence-corrected chi connectivity index (χ1v) is 6.52. The second-order valence-corrected chi connectivity index (χ2v) is 5.12. The van der Waals surface area contributed by atoms with Crippen molar-refractivity contribution in [2.24, 2.45) is 5.73 Å². The van der Waals surface area contributed by atoms with Gasteiger partial charge in [-0.05, 0) is 0 Å². The summed E-state index contributed by atoms with van der Waals surface area (Å²) < 4.78 is 14.0. The predicted octanol–water partition coefficient (Wildman–Crippen LogP) is -0.686. The number of hydrogen-bond donors (Lipinski definition) is 3. The number of amides is 1. The number of benzene rings is 1. The molecule has 0 aliphatic heterocycles. The first-order valence-electron chi connectivity index (χ1n) is 5.05. The summed E-state index contributed by atoms with van der Waals surface area (Å²) >= 11 is 1.18. The first kappa shape index (κ1) is 15.0. The van der Waals surface area contributed by atoms with Crippen molar-refractivity contribution in [3.8, 4) is 0 Å². The van der Waals surface area contributed by atoms with E-state index in [1.54, 1.807) is 0 Å². The van der Waals surface area contributed by atoms with Crippen molar-refractivity contribution in [2.75, 3.05) is 7.05 Å². The van der Waals surface area contributed by atoms with Crippen LogP contribution in [0.5, 0.6) is 0 Å². The van der Waals surface area contributed by atoms with E-state index in [9.17, 15) is 14.0 Å². The third-order valence-electron chi connectivity index (χ3n) is 2.34. The summed E-state index contributed by atoms with van der Waals surface area (Å²) in [5.74, 6) is -2.15. The fraction of sp³-hybridized carbons (Fsp3) is 0.273. The quantitative estimate of drug-likeness (QED) is 0.568. The number of aliphatic carboxylic acids is 1. The normalized spacial score (nSPS) is 12.0. The van der Waals surface area contributed by atoms with Crippen molar-refractivity contribution in [2.45, 2.75) is 12.5 Å². The van der Waals surface area contributed by atoms with Gasteiger partial charge in [0.15, 0.2) is 0 Å². The van der Waals surface area contributed by atoms with E-state index in [1.807, 2.05) is 0 Å². The van der Waals surface area contributed by atoms with E-state index in [0.29, 0.717) is 8.83 Å². The number of halogens is 1. The van der Waals surface area contributed by atoms with Crippen LogP contribution in [-0.4, -0.2) is 30.1 Å². The summed E-state index contributed by atoms with van der Waals surface area (Å²) in [6, 6.07) is 1.23. The van der Waals surface area contributed by atoms with Crippen LogP contribution in [0.15, 0.2) is 12.1 Å². The van der Waals surface area contributed by atoms with Gasteiger partial charge in [0.2, 0.25) is 0 Å². The molecule has 1 aromatic rings. The van der Waals surface area contributed by atoms with Crippen LogP contribution in [0.4, 0.5) is 4.39 Å². The maximum atomic E-state index is 13.4. The third-order valence-corrected chi connectivity index (χ3v) is 4.08. The van der Waals surface area contributed by atoms with E-state index >= 15 is 0 Å². The molecule has 0 aliphatic carbocycles. The second kappa shape index (κ2) is 6.20. The Bertz CT molecular complexity index is 493. The van der Waals surface area contributed by atoms with Crippen LogP contribution >= 0.6 is 0 Å². The number of carbonyl (C=O) groups excluding carboxylic acids is 1. The summed E-state index contributed by atoms with van der Waals surface area (Å²) in [5.41, 5.74) is 6.06. The van der Waals surface area contributed by atoms with Crippen LogP contribution in [0.3, 0.4) is 0 Å². The Morgan fingerprint density at radius 2 is 2.17 bits per heavy atom. The van der Waals surface area contributed by atoms with Crippen LogP contribution in [0.1, 0.15) is 15.9 Å². The van der Waals surface area contributed by atoms with Crippen molar-refractivity contribution < 1.29 is 43.8 Å². The van der Waals surface area contributed by atoms with Crippen LogP contribution in [0.25, 0.3) is 0 Å².